The van der Waals surface area contributed by atoms with Gasteiger partial charge in [-0.2, -0.15) is 5.10 Å². The van der Waals surface area contributed by atoms with E-state index in [1.807, 2.05) is 7.05 Å². The van der Waals surface area contributed by atoms with Gasteiger partial charge in [-0.1, -0.05) is 13.8 Å². The summed E-state index contributed by atoms with van der Waals surface area (Å²) in [7, 11) is 1.97. The molecule has 1 aromatic rings. The number of nitrogens with zero attached hydrogens (tertiary/aromatic N) is 2. The van der Waals surface area contributed by atoms with E-state index in [9.17, 15) is 0 Å². The third-order valence-electron chi connectivity index (χ3n) is 2.38. The predicted molar refractivity (Wildman–Crippen MR) is 59.6 cm³/mol. The number of aromatic nitrogens is 2. The van der Waals surface area contributed by atoms with Gasteiger partial charge >= 0.3 is 0 Å². The van der Waals surface area contributed by atoms with Gasteiger partial charge in [-0.25, -0.2) is 0 Å². The Kier molecular flexibility index (Phi) is 4.14. The van der Waals surface area contributed by atoms with E-state index in [1.54, 1.807) is 0 Å². The second-order valence-electron chi connectivity index (χ2n) is 3.88. The van der Waals surface area contributed by atoms with Gasteiger partial charge in [0.05, 0.1) is 5.69 Å². The average molecular weight is 195 g/mol. The molecule has 0 aromatic carbocycles. The van der Waals surface area contributed by atoms with E-state index in [1.165, 1.54) is 11.4 Å². The van der Waals surface area contributed by atoms with Crippen molar-refractivity contribution in [2.24, 2.45) is 0 Å². The van der Waals surface area contributed by atoms with Crippen molar-refractivity contribution < 1.29 is 0 Å². The van der Waals surface area contributed by atoms with Crippen molar-refractivity contribution in [2.45, 2.75) is 39.7 Å². The maximum atomic E-state index is 4.56. The minimum Gasteiger partial charge on any atom is -0.319 e. The normalized spacial score (nSPS) is 11.2. The van der Waals surface area contributed by atoms with E-state index < -0.39 is 0 Å². The van der Waals surface area contributed by atoms with Gasteiger partial charge in [0.25, 0.3) is 0 Å². The van der Waals surface area contributed by atoms with Gasteiger partial charge in [0.2, 0.25) is 0 Å². The van der Waals surface area contributed by atoms with Gasteiger partial charge in [-0.05, 0) is 26.0 Å². The van der Waals surface area contributed by atoms with E-state index in [-0.39, 0.29) is 0 Å². The standard InChI is InChI=1S/C11H21N3/c1-5-14-11(9(2)3)8-10(13-14)6-7-12-4/h8-9,12H,5-7H2,1-4H3. The first kappa shape index (κ1) is 11.2. The summed E-state index contributed by atoms with van der Waals surface area (Å²) >= 11 is 0. The van der Waals surface area contributed by atoms with Crippen molar-refractivity contribution >= 4 is 0 Å². The van der Waals surface area contributed by atoms with Crippen LogP contribution in [0.3, 0.4) is 0 Å². The lowest BCUT2D eigenvalue weighted by molar-refractivity contribution is 0.590. The largest absolute Gasteiger partial charge is 0.319 e. The molecule has 1 heterocycles. The Balaban J connectivity index is 2.78. The lowest BCUT2D eigenvalue weighted by atomic mass is 10.1. The molecule has 1 aromatic heterocycles. The number of likely N-dealkylation sites (N-methyl/N-ethyl adjacent to an activating group) is 1. The van der Waals surface area contributed by atoms with Gasteiger partial charge < -0.3 is 5.32 Å². The van der Waals surface area contributed by atoms with Gasteiger partial charge in [0.15, 0.2) is 0 Å². The van der Waals surface area contributed by atoms with Crippen LogP contribution in [0.5, 0.6) is 0 Å². The number of aryl methyl sites for hydroxylation is 1. The van der Waals surface area contributed by atoms with E-state index in [4.69, 9.17) is 0 Å². The van der Waals surface area contributed by atoms with Crippen LogP contribution in [0, 0.1) is 0 Å². The second-order valence-corrected chi connectivity index (χ2v) is 3.88. The van der Waals surface area contributed by atoms with Gasteiger partial charge in [0.1, 0.15) is 0 Å². The maximum Gasteiger partial charge on any atom is 0.0640 e. The highest BCUT2D eigenvalue weighted by Crippen LogP contribution is 2.15. The van der Waals surface area contributed by atoms with Crippen molar-refractivity contribution in [3.05, 3.63) is 17.5 Å². The van der Waals surface area contributed by atoms with Crippen LogP contribution in [0.1, 0.15) is 38.1 Å². The van der Waals surface area contributed by atoms with Gasteiger partial charge in [-0.3, -0.25) is 4.68 Å². The molecule has 0 aliphatic heterocycles. The summed E-state index contributed by atoms with van der Waals surface area (Å²) in [5.41, 5.74) is 2.54. The topological polar surface area (TPSA) is 29.9 Å². The SMILES string of the molecule is CCn1nc(CCNC)cc1C(C)C. The number of nitrogens with one attached hydrogen (secondary N) is 1. The zero-order valence-corrected chi connectivity index (χ0v) is 9.67. The van der Waals surface area contributed by atoms with Crippen molar-refractivity contribution in [1.29, 1.82) is 0 Å². The molecule has 0 atom stereocenters. The van der Waals surface area contributed by atoms with E-state index >= 15 is 0 Å². The van der Waals surface area contributed by atoms with Gasteiger partial charge in [0, 0.05) is 25.2 Å². The molecule has 3 nitrogen and oxygen atoms in total. The molecule has 80 valence electrons. The first-order valence-corrected chi connectivity index (χ1v) is 5.40. The Morgan fingerprint density at radius 1 is 1.50 bits per heavy atom. The molecule has 0 bridgehead atoms. The average Bonchev–Trinajstić information content (AvgIpc) is 2.57. The fraction of sp³-hybridized carbons (Fsp3) is 0.727. The molecule has 0 spiro atoms. The molecular weight excluding hydrogens is 174 g/mol. The summed E-state index contributed by atoms with van der Waals surface area (Å²) in [6.07, 6.45) is 1.02. The number of rotatable bonds is 5. The quantitative estimate of drug-likeness (QED) is 0.776. The van der Waals surface area contributed by atoms with E-state index in [2.05, 4.69) is 41.9 Å². The molecule has 0 fully saturated rings. The van der Waals surface area contributed by atoms with Crippen LogP contribution >= 0.6 is 0 Å². The number of hydrogen-bond acceptors (Lipinski definition) is 2. The molecule has 14 heavy (non-hydrogen) atoms. The zero-order valence-electron chi connectivity index (χ0n) is 9.67. The van der Waals surface area contributed by atoms with Crippen molar-refractivity contribution in [3.63, 3.8) is 0 Å². The first-order valence-electron chi connectivity index (χ1n) is 5.40. The zero-order chi connectivity index (χ0) is 10.6. The van der Waals surface area contributed by atoms with Crippen LogP contribution in [-0.2, 0) is 13.0 Å². The third-order valence-corrected chi connectivity index (χ3v) is 2.38. The van der Waals surface area contributed by atoms with Crippen LogP contribution in [0.15, 0.2) is 6.07 Å². The molecule has 0 amide bonds. The van der Waals surface area contributed by atoms with Crippen LogP contribution in [-0.4, -0.2) is 23.4 Å². The molecule has 0 aliphatic rings. The van der Waals surface area contributed by atoms with Crippen LogP contribution in [0.2, 0.25) is 0 Å². The predicted octanol–water partition coefficient (Wildman–Crippen LogP) is 1.79. The monoisotopic (exact) mass is 195 g/mol. The molecule has 0 aliphatic carbocycles. The smallest absolute Gasteiger partial charge is 0.0640 e. The molecule has 1 N–H and O–H groups in total. The highest BCUT2D eigenvalue weighted by atomic mass is 15.3. The van der Waals surface area contributed by atoms with E-state index in [0.717, 1.165) is 19.5 Å². The first-order chi connectivity index (χ1) is 6.69. The molecule has 3 heteroatoms. The Morgan fingerprint density at radius 2 is 2.21 bits per heavy atom. The fourth-order valence-electron chi connectivity index (χ4n) is 1.58. The maximum absolute atomic E-state index is 4.56. The van der Waals surface area contributed by atoms with Crippen molar-refractivity contribution in [2.75, 3.05) is 13.6 Å². The molecule has 0 saturated heterocycles. The molecular formula is C11H21N3. The Labute approximate surface area is 86.5 Å². The highest BCUT2D eigenvalue weighted by Gasteiger charge is 2.09. The second kappa shape index (κ2) is 5.15. The molecule has 0 unspecified atom stereocenters. The van der Waals surface area contributed by atoms with Crippen molar-refractivity contribution in [3.8, 4) is 0 Å². The Hall–Kier alpha value is -0.830. The number of hydrogen-bond donors (Lipinski definition) is 1. The lowest BCUT2D eigenvalue weighted by Crippen LogP contribution is -2.11. The van der Waals surface area contributed by atoms with Crippen molar-refractivity contribution in [1.82, 2.24) is 15.1 Å². The summed E-state index contributed by atoms with van der Waals surface area (Å²) in [5.74, 6) is 0.561. The Bertz CT molecular complexity index is 276. The van der Waals surface area contributed by atoms with E-state index in [0.29, 0.717) is 5.92 Å². The highest BCUT2D eigenvalue weighted by molar-refractivity contribution is 5.14. The minimum atomic E-state index is 0.561. The summed E-state index contributed by atoms with van der Waals surface area (Å²) in [5, 5.41) is 7.71. The summed E-state index contributed by atoms with van der Waals surface area (Å²) in [6, 6.07) is 2.23. The Morgan fingerprint density at radius 3 is 2.64 bits per heavy atom. The van der Waals surface area contributed by atoms with Crippen LogP contribution < -0.4 is 5.32 Å². The third kappa shape index (κ3) is 2.58. The summed E-state index contributed by atoms with van der Waals surface area (Å²) in [6.45, 7) is 8.53. The minimum absolute atomic E-state index is 0.561. The van der Waals surface area contributed by atoms with Gasteiger partial charge in [-0.15, -0.1) is 0 Å². The summed E-state index contributed by atoms with van der Waals surface area (Å²) in [4.78, 5) is 0. The van der Waals surface area contributed by atoms with Crippen LogP contribution in [0.4, 0.5) is 0 Å². The van der Waals surface area contributed by atoms with Crippen LogP contribution in [0.25, 0.3) is 0 Å². The molecule has 0 saturated carbocycles. The summed E-state index contributed by atoms with van der Waals surface area (Å²) < 4.78 is 2.11. The molecule has 1 rings (SSSR count). The molecule has 0 radical (unpaired) electrons. The fourth-order valence-corrected chi connectivity index (χ4v) is 1.58. The lowest BCUT2D eigenvalue weighted by Gasteiger charge is -2.06.